The summed E-state index contributed by atoms with van der Waals surface area (Å²) in [6, 6.07) is -2.26. The molecule has 1 saturated heterocycles. The third-order valence-corrected chi connectivity index (χ3v) is 6.47. The van der Waals surface area contributed by atoms with Crippen LogP contribution in [0.1, 0.15) is 25.7 Å². The molecule has 0 spiro atoms. The highest BCUT2D eigenvalue weighted by molar-refractivity contribution is 5.00. The lowest BCUT2D eigenvalue weighted by Gasteiger charge is -2.46. The molecule has 15 N–H and O–H groups in total. The molecule has 196 valence electrons. The first kappa shape index (κ1) is 28.7. The second kappa shape index (κ2) is 14.1. The van der Waals surface area contributed by atoms with Gasteiger partial charge < -0.3 is 63.3 Å². The molecule has 0 aromatic heterocycles. The summed E-state index contributed by atoms with van der Waals surface area (Å²) in [4.78, 5) is 0. The number of hydrogen-bond donors (Lipinski definition) is 10. The number of rotatable bonds is 13. The van der Waals surface area contributed by atoms with Crippen molar-refractivity contribution in [2.75, 3.05) is 33.0 Å². The third-order valence-electron chi connectivity index (χ3n) is 6.47. The summed E-state index contributed by atoms with van der Waals surface area (Å²) in [5.41, 5.74) is 29.4. The molecule has 0 amide bonds. The molecule has 1 saturated carbocycles. The Bertz CT molecular complexity index is 551. The second-order valence-electron chi connectivity index (χ2n) is 9.05. The van der Waals surface area contributed by atoms with Crippen molar-refractivity contribution in [3.05, 3.63) is 0 Å². The summed E-state index contributed by atoms with van der Waals surface area (Å²) < 4.78 is 17.5. The van der Waals surface area contributed by atoms with Gasteiger partial charge >= 0.3 is 0 Å². The zero-order valence-electron chi connectivity index (χ0n) is 19.1. The highest BCUT2D eigenvalue weighted by Gasteiger charge is 2.48. The molecule has 2 fully saturated rings. The molecule has 0 unspecified atom stereocenters. The van der Waals surface area contributed by atoms with E-state index < -0.39 is 61.0 Å². The predicted molar refractivity (Wildman–Crippen MR) is 120 cm³/mol. The van der Waals surface area contributed by atoms with E-state index in [0.717, 1.165) is 19.3 Å². The fraction of sp³-hybridized carbons (Fsp3) is 1.00. The minimum Gasteiger partial charge on any atom is -0.396 e. The Balaban J connectivity index is 1.97. The summed E-state index contributed by atoms with van der Waals surface area (Å²) >= 11 is 0. The van der Waals surface area contributed by atoms with Crippen LogP contribution in [0.4, 0.5) is 0 Å². The number of hydrogen-bond acceptors (Lipinski definition) is 13. The van der Waals surface area contributed by atoms with Gasteiger partial charge in [0.1, 0.15) is 30.5 Å². The van der Waals surface area contributed by atoms with Crippen LogP contribution < -0.4 is 34.0 Å². The van der Waals surface area contributed by atoms with Crippen molar-refractivity contribution in [2.45, 2.75) is 86.7 Å². The number of unbranched alkanes of at least 4 members (excludes halogenated alkanes) is 1. The normalized spacial score (nSPS) is 40.6. The SMILES string of the molecule is NCCCC[C@H](CO)CNCO[C@@H]1[C@@H](O)[C@H](N)C[C@H](N)[C@H]1O[C@H]1O[C@H](CN)[C@@H](O)[C@H](O)[C@H]1N. The highest BCUT2D eigenvalue weighted by atomic mass is 16.7. The molecular weight excluding hydrogens is 436 g/mol. The topological polar surface area (TPSA) is 251 Å². The van der Waals surface area contributed by atoms with Crippen molar-refractivity contribution >= 4 is 0 Å². The van der Waals surface area contributed by atoms with Gasteiger partial charge in [-0.1, -0.05) is 6.42 Å². The molecule has 0 aromatic carbocycles. The van der Waals surface area contributed by atoms with Gasteiger partial charge in [-0.25, -0.2) is 0 Å². The molecule has 0 radical (unpaired) electrons. The Hall–Kier alpha value is -0.520. The van der Waals surface area contributed by atoms with Crippen LogP contribution in [0, 0.1) is 5.92 Å². The van der Waals surface area contributed by atoms with E-state index in [2.05, 4.69) is 5.32 Å². The standard InChI is InChI=1S/C20H44N6O7/c21-4-2-1-3-10(8-27)7-26-9-31-19-15(28)11(23)5-12(24)18(19)33-20-14(25)17(30)16(29)13(6-22)32-20/h10-20,26-30H,1-9,21-25H2/t10-,11+,12-,13+,14+,15-,16+,17+,18+,19+,20+/m0/s1. The van der Waals surface area contributed by atoms with E-state index in [9.17, 15) is 20.4 Å². The second-order valence-corrected chi connectivity index (χ2v) is 9.05. The first-order valence-corrected chi connectivity index (χ1v) is 11.7. The molecule has 13 heteroatoms. The number of nitrogens with one attached hydrogen (secondary N) is 1. The van der Waals surface area contributed by atoms with E-state index in [1.807, 2.05) is 0 Å². The summed E-state index contributed by atoms with van der Waals surface area (Å²) in [5, 5.41) is 43.6. The first-order valence-electron chi connectivity index (χ1n) is 11.7. The lowest BCUT2D eigenvalue weighted by Crippen LogP contribution is -2.68. The van der Waals surface area contributed by atoms with Gasteiger partial charge in [0.2, 0.25) is 0 Å². The monoisotopic (exact) mass is 480 g/mol. The van der Waals surface area contributed by atoms with Crippen LogP contribution in [-0.4, -0.2) is 114 Å². The molecular formula is C20H44N6O7. The molecule has 2 aliphatic rings. The van der Waals surface area contributed by atoms with Crippen molar-refractivity contribution in [3.8, 4) is 0 Å². The van der Waals surface area contributed by atoms with Gasteiger partial charge in [-0.3, -0.25) is 5.32 Å². The zero-order valence-corrected chi connectivity index (χ0v) is 19.1. The van der Waals surface area contributed by atoms with Crippen LogP contribution >= 0.6 is 0 Å². The van der Waals surface area contributed by atoms with Crippen molar-refractivity contribution in [3.63, 3.8) is 0 Å². The van der Waals surface area contributed by atoms with E-state index >= 15 is 0 Å². The molecule has 0 aromatic rings. The first-order chi connectivity index (χ1) is 15.7. The Kier molecular flexibility index (Phi) is 12.3. The molecule has 1 aliphatic heterocycles. The van der Waals surface area contributed by atoms with Gasteiger partial charge in [-0.2, -0.15) is 0 Å². The van der Waals surface area contributed by atoms with Crippen molar-refractivity contribution in [2.24, 2.45) is 34.6 Å². The quantitative estimate of drug-likeness (QED) is 0.0878. The van der Waals surface area contributed by atoms with Gasteiger partial charge in [0.25, 0.3) is 0 Å². The smallest absolute Gasteiger partial charge is 0.176 e. The maximum atomic E-state index is 10.7. The Morgan fingerprint density at radius 1 is 0.970 bits per heavy atom. The maximum absolute atomic E-state index is 10.7. The van der Waals surface area contributed by atoms with E-state index in [0.29, 0.717) is 13.1 Å². The maximum Gasteiger partial charge on any atom is 0.176 e. The summed E-state index contributed by atoms with van der Waals surface area (Å²) in [7, 11) is 0. The molecule has 1 heterocycles. The average molecular weight is 481 g/mol. The van der Waals surface area contributed by atoms with Gasteiger partial charge in [-0.05, 0) is 31.7 Å². The summed E-state index contributed by atoms with van der Waals surface area (Å²) in [6.07, 6.45) is -4.38. The van der Waals surface area contributed by atoms with Gasteiger partial charge in [0.15, 0.2) is 6.29 Å². The predicted octanol–water partition coefficient (Wildman–Crippen LogP) is -4.81. The van der Waals surface area contributed by atoms with Crippen LogP contribution in [0.5, 0.6) is 0 Å². The molecule has 1 aliphatic carbocycles. The third kappa shape index (κ3) is 7.73. The van der Waals surface area contributed by atoms with Crippen molar-refractivity contribution in [1.29, 1.82) is 0 Å². The minimum absolute atomic E-state index is 0.0402. The number of aliphatic hydroxyl groups is 4. The molecule has 33 heavy (non-hydrogen) atoms. The van der Waals surface area contributed by atoms with Crippen LogP contribution in [0.3, 0.4) is 0 Å². The Labute approximate surface area is 194 Å². The van der Waals surface area contributed by atoms with Gasteiger partial charge in [0.05, 0.1) is 18.9 Å². The van der Waals surface area contributed by atoms with Crippen LogP contribution in [-0.2, 0) is 14.2 Å². The fourth-order valence-electron chi connectivity index (χ4n) is 4.32. The molecule has 2 rings (SSSR count). The number of aliphatic hydroxyl groups excluding tert-OH is 4. The van der Waals surface area contributed by atoms with Gasteiger partial charge in [0, 0.05) is 31.8 Å². The average Bonchev–Trinajstić information content (AvgIpc) is 2.80. The minimum atomic E-state index is -1.31. The summed E-state index contributed by atoms with van der Waals surface area (Å²) in [5.74, 6) is 0.0581. The molecule has 13 nitrogen and oxygen atoms in total. The fourth-order valence-corrected chi connectivity index (χ4v) is 4.32. The molecule has 0 bridgehead atoms. The van der Waals surface area contributed by atoms with E-state index in [-0.39, 0.29) is 32.2 Å². The van der Waals surface area contributed by atoms with E-state index in [1.54, 1.807) is 0 Å². The van der Waals surface area contributed by atoms with Crippen LogP contribution in [0.2, 0.25) is 0 Å². The highest BCUT2D eigenvalue weighted by Crippen LogP contribution is 2.28. The van der Waals surface area contributed by atoms with Crippen LogP contribution in [0.25, 0.3) is 0 Å². The Morgan fingerprint density at radius 2 is 1.70 bits per heavy atom. The lowest BCUT2D eigenvalue weighted by molar-refractivity contribution is -0.291. The number of nitrogens with two attached hydrogens (primary N) is 5. The van der Waals surface area contributed by atoms with Crippen LogP contribution in [0.15, 0.2) is 0 Å². The largest absolute Gasteiger partial charge is 0.396 e. The zero-order chi connectivity index (χ0) is 24.5. The molecule has 11 atom stereocenters. The Morgan fingerprint density at radius 3 is 2.33 bits per heavy atom. The number of ether oxygens (including phenoxy) is 3. The van der Waals surface area contributed by atoms with Crippen molar-refractivity contribution in [1.82, 2.24) is 5.32 Å². The van der Waals surface area contributed by atoms with Gasteiger partial charge in [-0.15, -0.1) is 0 Å². The summed E-state index contributed by atoms with van der Waals surface area (Å²) in [6.45, 7) is 1.20. The lowest BCUT2D eigenvalue weighted by atomic mass is 9.84. The van der Waals surface area contributed by atoms with E-state index in [1.165, 1.54) is 0 Å². The van der Waals surface area contributed by atoms with E-state index in [4.69, 9.17) is 42.9 Å². The van der Waals surface area contributed by atoms with Crippen molar-refractivity contribution < 1.29 is 34.6 Å².